The van der Waals surface area contributed by atoms with Crippen molar-refractivity contribution in [2.75, 3.05) is 18.6 Å². The average molecular weight is 315 g/mol. The monoisotopic (exact) mass is 315 g/mol. The van der Waals surface area contributed by atoms with Crippen LogP contribution in [0.4, 0.5) is 15.9 Å². The molecule has 0 bridgehead atoms. The molecule has 2 heterocycles. The van der Waals surface area contributed by atoms with Gasteiger partial charge in [-0.05, 0) is 24.1 Å². The van der Waals surface area contributed by atoms with Crippen LogP contribution in [0.3, 0.4) is 0 Å². The average Bonchev–Trinajstić information content (AvgIpc) is 2.89. The van der Waals surface area contributed by atoms with Crippen molar-refractivity contribution >= 4 is 11.5 Å². The highest BCUT2D eigenvalue weighted by Crippen LogP contribution is 2.35. The van der Waals surface area contributed by atoms with Crippen molar-refractivity contribution in [3.05, 3.63) is 47.2 Å². The molecule has 1 aromatic carbocycles. The van der Waals surface area contributed by atoms with Crippen LogP contribution in [0.5, 0.6) is 0 Å². The van der Waals surface area contributed by atoms with Gasteiger partial charge in [0.05, 0.1) is 12.3 Å². The van der Waals surface area contributed by atoms with Gasteiger partial charge in [0, 0.05) is 30.8 Å². The first-order chi connectivity index (χ1) is 10.9. The van der Waals surface area contributed by atoms with Crippen molar-refractivity contribution in [2.45, 2.75) is 39.2 Å². The van der Waals surface area contributed by atoms with Gasteiger partial charge in [-0.1, -0.05) is 26.8 Å². The number of fused-ring (bicyclic) bond motifs is 1. The molecule has 122 valence electrons. The molecule has 0 saturated heterocycles. The van der Waals surface area contributed by atoms with E-state index in [1.54, 1.807) is 13.2 Å². The van der Waals surface area contributed by atoms with Gasteiger partial charge in [0.1, 0.15) is 17.5 Å². The molecule has 5 heteroatoms. The lowest BCUT2D eigenvalue weighted by Gasteiger charge is -2.23. The van der Waals surface area contributed by atoms with E-state index in [-0.39, 0.29) is 11.2 Å². The molecular formula is C18H22FN3O. The van der Waals surface area contributed by atoms with Crippen LogP contribution in [0.2, 0.25) is 0 Å². The molecule has 3 rings (SSSR count). The number of benzene rings is 1. The Morgan fingerprint density at radius 3 is 2.70 bits per heavy atom. The molecule has 2 aromatic rings. The quantitative estimate of drug-likeness (QED) is 0.864. The number of hydrogen-bond acceptors (Lipinski definition) is 4. The fraction of sp³-hybridized carbons (Fsp3) is 0.444. The highest BCUT2D eigenvalue weighted by molar-refractivity contribution is 5.67. The van der Waals surface area contributed by atoms with Gasteiger partial charge in [0.25, 0.3) is 0 Å². The van der Waals surface area contributed by atoms with Crippen LogP contribution in [-0.4, -0.2) is 23.6 Å². The molecule has 0 spiro atoms. The maximum absolute atomic E-state index is 13.6. The van der Waals surface area contributed by atoms with Crippen LogP contribution in [0, 0.1) is 5.82 Å². The minimum atomic E-state index is -0.224. The smallest absolute Gasteiger partial charge is 0.137 e. The number of hydrogen-bond donors (Lipinski definition) is 0. The third kappa shape index (κ3) is 3.20. The Kier molecular flexibility index (Phi) is 4.06. The van der Waals surface area contributed by atoms with E-state index in [2.05, 4.69) is 30.7 Å². The number of rotatable bonds is 3. The molecule has 0 radical (unpaired) electrons. The third-order valence-corrected chi connectivity index (χ3v) is 3.95. The molecule has 0 atom stereocenters. The fourth-order valence-corrected chi connectivity index (χ4v) is 2.77. The Morgan fingerprint density at radius 1 is 1.22 bits per heavy atom. The summed E-state index contributed by atoms with van der Waals surface area (Å²) in [6.07, 6.45) is 0.893. The SMILES string of the molecule is COCc1cc(N2CCc3ccc(F)cc32)nc(C(C)(C)C)n1. The number of aromatic nitrogens is 2. The van der Waals surface area contributed by atoms with Gasteiger partial charge in [0.2, 0.25) is 0 Å². The summed E-state index contributed by atoms with van der Waals surface area (Å²) < 4.78 is 18.9. The van der Waals surface area contributed by atoms with Gasteiger partial charge in [0.15, 0.2) is 0 Å². The Bertz CT molecular complexity index is 725. The van der Waals surface area contributed by atoms with Crippen molar-refractivity contribution in [3.63, 3.8) is 0 Å². The van der Waals surface area contributed by atoms with Crippen LogP contribution in [0.1, 0.15) is 37.9 Å². The summed E-state index contributed by atoms with van der Waals surface area (Å²) in [6, 6.07) is 6.88. The second-order valence-corrected chi connectivity index (χ2v) is 6.90. The summed E-state index contributed by atoms with van der Waals surface area (Å²) in [4.78, 5) is 11.4. The normalized spacial score (nSPS) is 14.2. The first-order valence-corrected chi connectivity index (χ1v) is 7.82. The van der Waals surface area contributed by atoms with E-state index in [1.165, 1.54) is 6.07 Å². The summed E-state index contributed by atoms with van der Waals surface area (Å²) >= 11 is 0. The summed E-state index contributed by atoms with van der Waals surface area (Å²) in [7, 11) is 1.65. The van der Waals surface area contributed by atoms with Crippen LogP contribution in [-0.2, 0) is 23.2 Å². The third-order valence-electron chi connectivity index (χ3n) is 3.95. The van der Waals surface area contributed by atoms with E-state index in [9.17, 15) is 4.39 Å². The molecule has 1 aliphatic heterocycles. The minimum absolute atomic E-state index is 0.164. The number of methoxy groups -OCH3 is 1. The summed E-state index contributed by atoms with van der Waals surface area (Å²) in [6.45, 7) is 7.48. The first kappa shape index (κ1) is 15.9. The second-order valence-electron chi connectivity index (χ2n) is 6.90. The molecular weight excluding hydrogens is 293 g/mol. The van der Waals surface area contributed by atoms with Gasteiger partial charge < -0.3 is 9.64 Å². The predicted molar refractivity (Wildman–Crippen MR) is 88.6 cm³/mol. The molecule has 1 aromatic heterocycles. The summed E-state index contributed by atoms with van der Waals surface area (Å²) in [5, 5.41) is 0. The van der Waals surface area contributed by atoms with E-state index in [0.29, 0.717) is 6.61 Å². The maximum Gasteiger partial charge on any atom is 0.137 e. The number of ether oxygens (including phenoxy) is 1. The molecule has 0 amide bonds. The lowest BCUT2D eigenvalue weighted by Crippen LogP contribution is -2.22. The summed E-state index contributed by atoms with van der Waals surface area (Å²) in [5.41, 5.74) is 2.72. The maximum atomic E-state index is 13.6. The van der Waals surface area contributed by atoms with E-state index in [1.807, 2.05) is 12.1 Å². The number of nitrogens with zero attached hydrogens (tertiary/aromatic N) is 3. The lowest BCUT2D eigenvalue weighted by molar-refractivity contribution is 0.181. The van der Waals surface area contributed by atoms with Crippen LogP contribution < -0.4 is 4.90 Å². The van der Waals surface area contributed by atoms with Gasteiger partial charge in [-0.2, -0.15) is 0 Å². The van der Waals surface area contributed by atoms with Crippen LogP contribution in [0.15, 0.2) is 24.3 Å². The molecule has 0 unspecified atom stereocenters. The van der Waals surface area contributed by atoms with Crippen LogP contribution in [0.25, 0.3) is 0 Å². The Morgan fingerprint density at radius 2 is 2.00 bits per heavy atom. The number of halogens is 1. The second kappa shape index (κ2) is 5.89. The Labute approximate surface area is 136 Å². The zero-order valence-corrected chi connectivity index (χ0v) is 14.1. The zero-order valence-electron chi connectivity index (χ0n) is 14.1. The van der Waals surface area contributed by atoms with Gasteiger partial charge in [-0.25, -0.2) is 14.4 Å². The van der Waals surface area contributed by atoms with Crippen molar-refractivity contribution in [1.82, 2.24) is 9.97 Å². The highest BCUT2D eigenvalue weighted by atomic mass is 19.1. The molecule has 0 fully saturated rings. The topological polar surface area (TPSA) is 38.2 Å². The Balaban J connectivity index is 2.07. The Hall–Kier alpha value is -2.01. The van der Waals surface area contributed by atoms with E-state index in [0.717, 1.165) is 41.6 Å². The largest absolute Gasteiger partial charge is 0.378 e. The fourth-order valence-electron chi connectivity index (χ4n) is 2.77. The standard InChI is InChI=1S/C18H22FN3O/c1-18(2,3)17-20-14(11-23-4)10-16(21-17)22-8-7-12-5-6-13(19)9-15(12)22/h5-6,9-10H,7-8,11H2,1-4H3. The van der Waals surface area contributed by atoms with E-state index in [4.69, 9.17) is 9.72 Å². The van der Waals surface area contributed by atoms with E-state index < -0.39 is 0 Å². The molecule has 23 heavy (non-hydrogen) atoms. The summed E-state index contributed by atoms with van der Waals surface area (Å²) in [5.74, 6) is 1.35. The van der Waals surface area contributed by atoms with Crippen molar-refractivity contribution in [3.8, 4) is 0 Å². The van der Waals surface area contributed by atoms with Gasteiger partial charge in [-0.3, -0.25) is 0 Å². The zero-order chi connectivity index (χ0) is 16.6. The van der Waals surface area contributed by atoms with Crippen LogP contribution >= 0.6 is 0 Å². The van der Waals surface area contributed by atoms with E-state index >= 15 is 0 Å². The minimum Gasteiger partial charge on any atom is -0.378 e. The molecule has 0 N–H and O–H groups in total. The lowest BCUT2D eigenvalue weighted by atomic mass is 9.95. The molecule has 4 nitrogen and oxygen atoms in total. The van der Waals surface area contributed by atoms with Gasteiger partial charge >= 0.3 is 0 Å². The van der Waals surface area contributed by atoms with Gasteiger partial charge in [-0.15, -0.1) is 0 Å². The molecule has 1 aliphatic rings. The van der Waals surface area contributed by atoms with Crippen molar-refractivity contribution < 1.29 is 9.13 Å². The molecule has 0 saturated carbocycles. The number of anilines is 2. The predicted octanol–water partition coefficient (Wildman–Crippen LogP) is 3.75. The molecule has 0 aliphatic carbocycles. The highest BCUT2D eigenvalue weighted by Gasteiger charge is 2.25. The van der Waals surface area contributed by atoms with Crippen molar-refractivity contribution in [1.29, 1.82) is 0 Å². The van der Waals surface area contributed by atoms with Crippen molar-refractivity contribution in [2.24, 2.45) is 0 Å². The first-order valence-electron chi connectivity index (χ1n) is 7.82.